The van der Waals surface area contributed by atoms with E-state index in [2.05, 4.69) is 20.9 Å². The van der Waals surface area contributed by atoms with E-state index in [0.29, 0.717) is 24.5 Å². The summed E-state index contributed by atoms with van der Waals surface area (Å²) < 4.78 is 1.92. The second kappa shape index (κ2) is 3.85. The van der Waals surface area contributed by atoms with Crippen molar-refractivity contribution in [1.29, 1.82) is 0 Å². The largest absolute Gasteiger partial charge is 0.353 e. The standard InChI is InChI=1S/C15H21N5O/c21-13(15-7-10-1-2-12(18-10)11(15)8-15)16-9-14(3-4-14)20-6-5-17-19-20/h5-6,10-12,18H,1-4,7-9H2,(H,16,21)/t10-,11+,12+,15-/m1/s1. The predicted octanol–water partition coefficient (Wildman–Crippen LogP) is 0.414. The third kappa shape index (κ3) is 1.65. The molecule has 2 N–H and O–H groups in total. The number of nitrogens with one attached hydrogen (secondary N) is 2. The molecule has 1 aromatic heterocycles. The van der Waals surface area contributed by atoms with Gasteiger partial charge in [0.15, 0.2) is 0 Å². The second-order valence-corrected chi connectivity index (χ2v) is 7.47. The molecule has 5 rings (SSSR count). The molecule has 4 aliphatic rings. The van der Waals surface area contributed by atoms with Crippen molar-refractivity contribution in [2.45, 2.75) is 56.1 Å². The molecule has 4 atom stereocenters. The van der Waals surface area contributed by atoms with Gasteiger partial charge in [-0.15, -0.1) is 5.10 Å². The fourth-order valence-electron chi connectivity index (χ4n) is 4.73. The van der Waals surface area contributed by atoms with Crippen LogP contribution in [0.5, 0.6) is 0 Å². The number of carbonyl (C=O) groups is 1. The highest BCUT2D eigenvalue weighted by Gasteiger charge is 2.67. The van der Waals surface area contributed by atoms with Crippen LogP contribution in [-0.2, 0) is 10.3 Å². The molecule has 112 valence electrons. The fraction of sp³-hybridized carbons (Fsp3) is 0.800. The summed E-state index contributed by atoms with van der Waals surface area (Å²) in [6.07, 6.45) is 10.4. The maximum Gasteiger partial charge on any atom is 0.226 e. The number of piperidine rings is 1. The number of amides is 1. The minimum absolute atomic E-state index is 0.000907. The van der Waals surface area contributed by atoms with Crippen LogP contribution in [0.4, 0.5) is 0 Å². The second-order valence-electron chi connectivity index (χ2n) is 7.47. The fourth-order valence-corrected chi connectivity index (χ4v) is 4.73. The molecule has 6 nitrogen and oxygen atoms in total. The molecule has 1 amide bonds. The molecule has 2 saturated carbocycles. The van der Waals surface area contributed by atoms with Gasteiger partial charge in [0.2, 0.25) is 5.91 Å². The van der Waals surface area contributed by atoms with Crippen LogP contribution in [0.2, 0.25) is 0 Å². The summed E-state index contributed by atoms with van der Waals surface area (Å²) in [6, 6.07) is 1.17. The Kier molecular flexibility index (Phi) is 2.23. The molecule has 2 aliphatic heterocycles. The van der Waals surface area contributed by atoms with Crippen LogP contribution in [0.15, 0.2) is 12.4 Å². The molecule has 0 spiro atoms. The van der Waals surface area contributed by atoms with E-state index in [9.17, 15) is 4.79 Å². The lowest BCUT2D eigenvalue weighted by Crippen LogP contribution is -2.47. The van der Waals surface area contributed by atoms with Crippen LogP contribution in [-0.4, -0.2) is 39.5 Å². The normalized spacial score (nSPS) is 41.4. The molecule has 2 bridgehead atoms. The number of hydrogen-bond donors (Lipinski definition) is 2. The Morgan fingerprint density at radius 2 is 2.29 bits per heavy atom. The van der Waals surface area contributed by atoms with Crippen LogP contribution < -0.4 is 10.6 Å². The van der Waals surface area contributed by atoms with Crippen molar-refractivity contribution >= 4 is 5.91 Å². The maximum atomic E-state index is 12.7. The number of carbonyl (C=O) groups excluding carboxylic acids is 1. The highest BCUT2D eigenvalue weighted by Crippen LogP contribution is 2.63. The molecule has 0 aromatic carbocycles. The first-order valence-electron chi connectivity index (χ1n) is 8.13. The summed E-state index contributed by atoms with van der Waals surface area (Å²) in [5, 5.41) is 14.9. The van der Waals surface area contributed by atoms with Gasteiger partial charge >= 0.3 is 0 Å². The van der Waals surface area contributed by atoms with E-state index in [1.54, 1.807) is 6.20 Å². The van der Waals surface area contributed by atoms with E-state index in [4.69, 9.17) is 0 Å². The van der Waals surface area contributed by atoms with Crippen LogP contribution in [0.1, 0.15) is 38.5 Å². The zero-order valence-corrected chi connectivity index (χ0v) is 12.1. The Morgan fingerprint density at radius 3 is 3.05 bits per heavy atom. The Hall–Kier alpha value is -1.43. The van der Waals surface area contributed by atoms with Crippen molar-refractivity contribution in [2.24, 2.45) is 11.3 Å². The highest BCUT2D eigenvalue weighted by molar-refractivity contribution is 5.86. The van der Waals surface area contributed by atoms with Gasteiger partial charge in [-0.1, -0.05) is 5.21 Å². The monoisotopic (exact) mass is 287 g/mol. The quantitative estimate of drug-likeness (QED) is 0.841. The molecule has 4 fully saturated rings. The maximum absolute atomic E-state index is 12.7. The zero-order chi connectivity index (χ0) is 14.1. The molecule has 1 aromatic rings. The summed E-state index contributed by atoms with van der Waals surface area (Å²) in [7, 11) is 0. The Balaban J connectivity index is 1.27. The van der Waals surface area contributed by atoms with Crippen LogP contribution in [0, 0.1) is 11.3 Å². The lowest BCUT2D eigenvalue weighted by atomic mass is 9.90. The molecular formula is C15H21N5O. The van der Waals surface area contributed by atoms with Crippen molar-refractivity contribution in [3.8, 4) is 0 Å². The highest BCUT2D eigenvalue weighted by atomic mass is 16.2. The first-order chi connectivity index (χ1) is 10.2. The number of rotatable bonds is 4. The SMILES string of the molecule is O=C(NCC1(n2ccnn2)CC1)[C@@]12C[C@H]3CC[C@H](N3)[C@@H]1C2. The first-order valence-corrected chi connectivity index (χ1v) is 8.13. The van der Waals surface area contributed by atoms with E-state index in [1.807, 2.05) is 10.9 Å². The average Bonchev–Trinajstić information content (AvgIpc) is 3.32. The van der Waals surface area contributed by atoms with Crippen LogP contribution >= 0.6 is 0 Å². The first kappa shape index (κ1) is 12.1. The number of fused-ring (bicyclic) bond motifs is 4. The number of aromatic nitrogens is 3. The van der Waals surface area contributed by atoms with Gasteiger partial charge in [-0.3, -0.25) is 4.79 Å². The summed E-state index contributed by atoms with van der Waals surface area (Å²) in [5.74, 6) is 0.870. The summed E-state index contributed by atoms with van der Waals surface area (Å²) in [5.41, 5.74) is -0.0470. The Bertz CT molecular complexity index is 581. The molecule has 0 radical (unpaired) electrons. The molecule has 0 unspecified atom stereocenters. The van der Waals surface area contributed by atoms with E-state index in [-0.39, 0.29) is 16.9 Å². The van der Waals surface area contributed by atoms with E-state index in [0.717, 1.165) is 25.7 Å². The Morgan fingerprint density at radius 1 is 1.38 bits per heavy atom. The van der Waals surface area contributed by atoms with E-state index < -0.39 is 0 Å². The van der Waals surface area contributed by atoms with E-state index in [1.165, 1.54) is 12.8 Å². The predicted molar refractivity (Wildman–Crippen MR) is 75.3 cm³/mol. The smallest absolute Gasteiger partial charge is 0.226 e. The van der Waals surface area contributed by atoms with Crippen LogP contribution in [0.3, 0.4) is 0 Å². The van der Waals surface area contributed by atoms with Gasteiger partial charge in [0.05, 0.1) is 17.2 Å². The molecule has 6 heteroatoms. The van der Waals surface area contributed by atoms with E-state index >= 15 is 0 Å². The van der Waals surface area contributed by atoms with Crippen molar-refractivity contribution in [3.05, 3.63) is 12.4 Å². The Labute approximate surface area is 123 Å². The molecule has 2 aliphatic carbocycles. The van der Waals surface area contributed by atoms with Gasteiger partial charge < -0.3 is 10.6 Å². The van der Waals surface area contributed by atoms with Gasteiger partial charge in [0.25, 0.3) is 0 Å². The zero-order valence-electron chi connectivity index (χ0n) is 12.1. The average molecular weight is 287 g/mol. The topological polar surface area (TPSA) is 71.8 Å². The van der Waals surface area contributed by atoms with Crippen molar-refractivity contribution < 1.29 is 4.79 Å². The lowest BCUT2D eigenvalue weighted by molar-refractivity contribution is -0.128. The molecule has 2 saturated heterocycles. The summed E-state index contributed by atoms with van der Waals surface area (Å²) >= 11 is 0. The summed E-state index contributed by atoms with van der Waals surface area (Å²) in [4.78, 5) is 12.7. The minimum Gasteiger partial charge on any atom is -0.353 e. The van der Waals surface area contributed by atoms with Crippen molar-refractivity contribution in [1.82, 2.24) is 25.6 Å². The summed E-state index contributed by atoms with van der Waals surface area (Å²) in [6.45, 7) is 0.701. The van der Waals surface area contributed by atoms with Gasteiger partial charge in [-0.05, 0) is 44.4 Å². The minimum atomic E-state index is -0.0461. The molecule has 3 heterocycles. The van der Waals surface area contributed by atoms with Gasteiger partial charge in [0.1, 0.15) is 0 Å². The third-order valence-corrected chi connectivity index (χ3v) is 6.27. The lowest BCUT2D eigenvalue weighted by Gasteiger charge is -2.28. The van der Waals surface area contributed by atoms with Gasteiger partial charge in [-0.2, -0.15) is 0 Å². The number of nitrogens with zero attached hydrogens (tertiary/aromatic N) is 3. The van der Waals surface area contributed by atoms with Crippen molar-refractivity contribution in [3.63, 3.8) is 0 Å². The van der Waals surface area contributed by atoms with Gasteiger partial charge in [0, 0.05) is 24.8 Å². The van der Waals surface area contributed by atoms with Crippen LogP contribution in [0.25, 0.3) is 0 Å². The number of hydrogen-bond acceptors (Lipinski definition) is 4. The third-order valence-electron chi connectivity index (χ3n) is 6.27. The molecule has 21 heavy (non-hydrogen) atoms. The molecular weight excluding hydrogens is 266 g/mol. The van der Waals surface area contributed by atoms with Gasteiger partial charge in [-0.25, -0.2) is 4.68 Å². The van der Waals surface area contributed by atoms with Crippen molar-refractivity contribution in [2.75, 3.05) is 6.54 Å².